The number of piperazine rings is 1. The van der Waals surface area contributed by atoms with Crippen LogP contribution in [0, 0.1) is 0 Å². The molecule has 0 bridgehead atoms. The van der Waals surface area contributed by atoms with Crippen LogP contribution in [0.5, 0.6) is 0 Å². The van der Waals surface area contributed by atoms with E-state index in [1.165, 1.54) is 11.1 Å². The van der Waals surface area contributed by atoms with Crippen molar-refractivity contribution in [3.05, 3.63) is 46.5 Å². The third-order valence-electron chi connectivity index (χ3n) is 5.12. The van der Waals surface area contributed by atoms with E-state index in [1.807, 2.05) is 13.0 Å². The van der Waals surface area contributed by atoms with E-state index in [4.69, 9.17) is 4.42 Å². The number of carbonyl (C=O) groups excluding carboxylic acids is 2. The number of furan rings is 1. The Hall–Kier alpha value is -2.16. The van der Waals surface area contributed by atoms with Crippen molar-refractivity contribution < 1.29 is 14.0 Å². The van der Waals surface area contributed by atoms with Crippen LogP contribution >= 0.6 is 11.3 Å². The van der Waals surface area contributed by atoms with Gasteiger partial charge in [0.2, 0.25) is 0 Å². The number of amides is 2. The number of nitrogens with zero attached hydrogens (tertiary/aromatic N) is 2. The van der Waals surface area contributed by atoms with Gasteiger partial charge in [-0.25, -0.2) is 0 Å². The Labute approximate surface area is 169 Å². The van der Waals surface area contributed by atoms with E-state index in [0.717, 1.165) is 32.7 Å². The Morgan fingerprint density at radius 1 is 1.18 bits per heavy atom. The molecular formula is C20H28N4O3S. The van der Waals surface area contributed by atoms with Crippen LogP contribution in [0.25, 0.3) is 0 Å². The molecule has 0 spiro atoms. The summed E-state index contributed by atoms with van der Waals surface area (Å²) in [6.45, 7) is 9.32. The summed E-state index contributed by atoms with van der Waals surface area (Å²) in [6.07, 6.45) is 1.54. The second kappa shape index (κ2) is 9.86. The summed E-state index contributed by atoms with van der Waals surface area (Å²) in [5.41, 5.74) is 0. The lowest BCUT2D eigenvalue weighted by atomic mass is 10.0. The molecule has 2 amide bonds. The molecule has 2 unspecified atom stereocenters. The molecule has 2 aromatic heterocycles. The molecule has 1 aliphatic rings. The Bertz CT molecular complexity index is 740. The lowest BCUT2D eigenvalue weighted by Gasteiger charge is -2.41. The second-order valence-corrected chi connectivity index (χ2v) is 7.93. The highest BCUT2D eigenvalue weighted by Crippen LogP contribution is 2.29. The predicted molar refractivity (Wildman–Crippen MR) is 109 cm³/mol. The molecule has 1 aliphatic heterocycles. The quantitative estimate of drug-likeness (QED) is 0.689. The zero-order valence-corrected chi connectivity index (χ0v) is 17.2. The summed E-state index contributed by atoms with van der Waals surface area (Å²) in [5.74, 6) is -0.656. The molecule has 152 valence electrons. The van der Waals surface area contributed by atoms with Crippen LogP contribution in [0.15, 0.2) is 40.3 Å². The van der Waals surface area contributed by atoms with Gasteiger partial charge in [-0.3, -0.25) is 14.5 Å². The molecule has 2 aromatic rings. The van der Waals surface area contributed by atoms with Crippen LogP contribution in [0.1, 0.15) is 30.5 Å². The summed E-state index contributed by atoms with van der Waals surface area (Å²) in [6, 6.07) is 7.49. The van der Waals surface area contributed by atoms with Crippen molar-refractivity contribution in [3.63, 3.8) is 0 Å². The van der Waals surface area contributed by atoms with Gasteiger partial charge >= 0.3 is 11.8 Å². The lowest BCUT2D eigenvalue weighted by Crippen LogP contribution is -2.53. The maximum atomic E-state index is 12.4. The monoisotopic (exact) mass is 404 g/mol. The van der Waals surface area contributed by atoms with E-state index >= 15 is 0 Å². The van der Waals surface area contributed by atoms with Gasteiger partial charge in [0.25, 0.3) is 0 Å². The Kier molecular flexibility index (Phi) is 7.24. The van der Waals surface area contributed by atoms with Gasteiger partial charge in [-0.05, 0) is 37.0 Å². The molecule has 1 saturated heterocycles. The lowest BCUT2D eigenvalue weighted by molar-refractivity contribution is -0.140. The number of rotatable bonds is 7. The molecule has 0 radical (unpaired) electrons. The molecule has 3 rings (SSSR count). The normalized spacial score (nSPS) is 17.8. The van der Waals surface area contributed by atoms with Crippen LogP contribution in [0.2, 0.25) is 0 Å². The zero-order valence-electron chi connectivity index (χ0n) is 16.4. The van der Waals surface area contributed by atoms with Crippen LogP contribution < -0.4 is 10.6 Å². The van der Waals surface area contributed by atoms with Crippen molar-refractivity contribution in [1.82, 2.24) is 20.4 Å². The summed E-state index contributed by atoms with van der Waals surface area (Å²) in [7, 11) is 0. The van der Waals surface area contributed by atoms with Crippen molar-refractivity contribution >= 4 is 23.2 Å². The number of hydrogen-bond donors (Lipinski definition) is 2. The van der Waals surface area contributed by atoms with E-state index in [9.17, 15) is 9.59 Å². The summed E-state index contributed by atoms with van der Waals surface area (Å²) in [5, 5.41) is 7.54. The van der Waals surface area contributed by atoms with Gasteiger partial charge in [-0.2, -0.15) is 0 Å². The maximum Gasteiger partial charge on any atom is 0.309 e. The molecule has 28 heavy (non-hydrogen) atoms. The Morgan fingerprint density at radius 3 is 2.57 bits per heavy atom. The minimum Gasteiger partial charge on any atom is -0.467 e. The van der Waals surface area contributed by atoms with Crippen molar-refractivity contribution in [2.45, 2.75) is 32.5 Å². The number of thiophene rings is 1. The molecule has 2 atom stereocenters. The first-order valence-corrected chi connectivity index (χ1v) is 10.6. The predicted octanol–water partition coefficient (Wildman–Crippen LogP) is 1.84. The van der Waals surface area contributed by atoms with E-state index in [1.54, 1.807) is 23.5 Å². The molecule has 8 heteroatoms. The fourth-order valence-electron chi connectivity index (χ4n) is 3.57. The number of hydrogen-bond acceptors (Lipinski definition) is 6. The van der Waals surface area contributed by atoms with Crippen LogP contribution in [-0.2, 0) is 16.1 Å². The van der Waals surface area contributed by atoms with E-state index < -0.39 is 11.8 Å². The van der Waals surface area contributed by atoms with Gasteiger partial charge in [0.1, 0.15) is 5.76 Å². The number of nitrogens with one attached hydrogen (secondary N) is 2. The van der Waals surface area contributed by atoms with Crippen molar-refractivity contribution in [2.24, 2.45) is 0 Å². The van der Waals surface area contributed by atoms with E-state index in [0.29, 0.717) is 5.76 Å². The van der Waals surface area contributed by atoms with Gasteiger partial charge in [-0.1, -0.05) is 13.0 Å². The van der Waals surface area contributed by atoms with Crippen LogP contribution in [0.3, 0.4) is 0 Å². The van der Waals surface area contributed by atoms with E-state index in [2.05, 4.69) is 38.8 Å². The van der Waals surface area contributed by atoms with Gasteiger partial charge in [-0.15, -0.1) is 11.3 Å². The third kappa shape index (κ3) is 5.21. The first kappa shape index (κ1) is 20.6. The van der Waals surface area contributed by atoms with Crippen LogP contribution in [-0.4, -0.2) is 60.4 Å². The first-order valence-electron chi connectivity index (χ1n) is 9.69. The second-order valence-electron chi connectivity index (χ2n) is 6.95. The van der Waals surface area contributed by atoms with Crippen molar-refractivity contribution in [2.75, 3.05) is 32.7 Å². The molecule has 0 saturated carbocycles. The fraction of sp³-hybridized carbons (Fsp3) is 0.500. The van der Waals surface area contributed by atoms with Gasteiger partial charge in [0, 0.05) is 37.1 Å². The van der Waals surface area contributed by atoms with Crippen molar-refractivity contribution in [3.8, 4) is 0 Å². The average molecular weight is 405 g/mol. The average Bonchev–Trinajstić information content (AvgIpc) is 3.41. The molecular weight excluding hydrogens is 376 g/mol. The molecule has 0 aromatic carbocycles. The molecule has 2 N–H and O–H groups in total. The summed E-state index contributed by atoms with van der Waals surface area (Å²) in [4.78, 5) is 30.6. The van der Waals surface area contributed by atoms with E-state index in [-0.39, 0.29) is 18.6 Å². The standard InChI is InChI=1S/C20H28N4O3S/c1-3-23-8-10-24(11-9-23)18(17-7-5-13-28-17)15(2)22-20(26)19(25)21-14-16-6-4-12-27-16/h4-7,12-13,15,18H,3,8-11,14H2,1-2H3,(H,21,25)(H,22,26). The Morgan fingerprint density at radius 2 is 1.96 bits per heavy atom. The van der Waals surface area contributed by atoms with Gasteiger partial charge < -0.3 is 20.0 Å². The number of carbonyl (C=O) groups is 2. The SMILES string of the molecule is CCN1CCN(C(c2cccs2)C(C)NC(=O)C(=O)NCc2ccco2)CC1. The zero-order chi connectivity index (χ0) is 19.9. The minimum absolute atomic E-state index is 0.0563. The molecule has 3 heterocycles. The summed E-state index contributed by atoms with van der Waals surface area (Å²) >= 11 is 1.68. The largest absolute Gasteiger partial charge is 0.467 e. The summed E-state index contributed by atoms with van der Waals surface area (Å²) < 4.78 is 5.17. The minimum atomic E-state index is -0.649. The van der Waals surface area contributed by atoms with Gasteiger partial charge in [0.15, 0.2) is 0 Å². The highest BCUT2D eigenvalue weighted by Gasteiger charge is 2.31. The van der Waals surface area contributed by atoms with Gasteiger partial charge in [0.05, 0.1) is 18.8 Å². The Balaban J connectivity index is 1.60. The molecule has 1 fully saturated rings. The molecule has 7 nitrogen and oxygen atoms in total. The highest BCUT2D eigenvalue weighted by molar-refractivity contribution is 7.10. The smallest absolute Gasteiger partial charge is 0.309 e. The van der Waals surface area contributed by atoms with Crippen molar-refractivity contribution in [1.29, 1.82) is 0 Å². The fourth-order valence-corrected chi connectivity index (χ4v) is 4.54. The molecule has 0 aliphatic carbocycles. The number of likely N-dealkylation sites (N-methyl/N-ethyl adjacent to an activating group) is 1. The topological polar surface area (TPSA) is 77.8 Å². The first-order chi connectivity index (χ1) is 13.6. The van der Waals surface area contributed by atoms with Crippen LogP contribution in [0.4, 0.5) is 0 Å². The highest BCUT2D eigenvalue weighted by atomic mass is 32.1. The third-order valence-corrected chi connectivity index (χ3v) is 6.07. The maximum absolute atomic E-state index is 12.4.